The molecule has 34 heavy (non-hydrogen) atoms. The highest BCUT2D eigenvalue weighted by Crippen LogP contribution is 2.68. The Balaban J connectivity index is 1.47. The molecule has 0 aromatic rings. The van der Waals surface area contributed by atoms with E-state index in [9.17, 15) is 4.79 Å². The monoisotopic (exact) mass is 488 g/mol. The topological polar surface area (TPSA) is 35.5 Å². The zero-order valence-corrected chi connectivity index (χ0v) is 24.6. The van der Waals surface area contributed by atoms with Crippen molar-refractivity contribution in [3.8, 4) is 0 Å². The van der Waals surface area contributed by atoms with Gasteiger partial charge in [-0.15, -0.1) is 0 Å². The van der Waals surface area contributed by atoms with Crippen LogP contribution in [-0.2, 0) is 14.0 Å². The number of fused-ring (bicyclic) bond motifs is 5. The molecule has 8 atom stereocenters. The molecule has 194 valence electrons. The molecule has 0 amide bonds. The molecule has 0 heterocycles. The molecule has 0 unspecified atom stereocenters. The maximum Gasteiger partial charge on any atom is 0.333 e. The zero-order valence-electron chi connectivity index (χ0n) is 23.6. The van der Waals surface area contributed by atoms with Crippen LogP contribution in [0, 0.1) is 46.3 Å². The van der Waals surface area contributed by atoms with Crippen molar-refractivity contribution in [1.29, 1.82) is 0 Å². The van der Waals surface area contributed by atoms with E-state index in [1.54, 1.807) is 0 Å². The molecule has 0 N–H and O–H groups in total. The van der Waals surface area contributed by atoms with E-state index in [1.807, 2.05) is 0 Å². The van der Waals surface area contributed by atoms with Crippen LogP contribution in [0.4, 0.5) is 0 Å². The van der Waals surface area contributed by atoms with Gasteiger partial charge in [0.05, 0.1) is 7.11 Å². The second-order valence-corrected chi connectivity index (χ2v) is 19.3. The van der Waals surface area contributed by atoms with Crippen molar-refractivity contribution in [3.63, 3.8) is 0 Å². The molecule has 4 rings (SSSR count). The van der Waals surface area contributed by atoms with E-state index >= 15 is 0 Å². The third-order valence-corrected chi connectivity index (χ3v) is 16.5. The van der Waals surface area contributed by atoms with E-state index in [1.165, 1.54) is 45.6 Å². The molecule has 0 aromatic heterocycles. The van der Waals surface area contributed by atoms with Gasteiger partial charge in [0.25, 0.3) is 0 Å². The Kier molecular flexibility index (Phi) is 7.04. The number of carbonyl (C=O) groups is 1. The van der Waals surface area contributed by atoms with Gasteiger partial charge in [-0.2, -0.15) is 0 Å². The summed E-state index contributed by atoms with van der Waals surface area (Å²) in [6.07, 6.45) is 12.5. The van der Waals surface area contributed by atoms with Crippen molar-refractivity contribution in [3.05, 3.63) is 11.6 Å². The summed E-state index contributed by atoms with van der Waals surface area (Å²) in [5.74, 6) is 4.45. The minimum absolute atomic E-state index is 0.104. The molecule has 0 bridgehead atoms. The highest BCUT2D eigenvalue weighted by atomic mass is 28.4. The summed E-state index contributed by atoms with van der Waals surface area (Å²) in [6.45, 7) is 20.5. The average Bonchev–Trinajstić information content (AvgIpc) is 3.13. The third kappa shape index (κ3) is 4.27. The van der Waals surface area contributed by atoms with E-state index < -0.39 is 8.32 Å². The van der Waals surface area contributed by atoms with Gasteiger partial charge < -0.3 is 9.16 Å². The Morgan fingerprint density at radius 2 is 1.74 bits per heavy atom. The summed E-state index contributed by atoms with van der Waals surface area (Å²) in [4.78, 5) is 12.2. The number of allylic oxidation sites excluding steroid dienone is 1. The van der Waals surface area contributed by atoms with Gasteiger partial charge >= 0.3 is 5.97 Å². The van der Waals surface area contributed by atoms with Crippen molar-refractivity contribution >= 4 is 14.3 Å². The molecule has 0 saturated heterocycles. The van der Waals surface area contributed by atoms with Crippen molar-refractivity contribution in [2.24, 2.45) is 46.3 Å². The molecular formula is C30H52O3Si. The lowest BCUT2D eigenvalue weighted by atomic mass is 9.45. The first kappa shape index (κ1) is 26.4. The molecule has 3 nitrogen and oxygen atoms in total. The van der Waals surface area contributed by atoms with E-state index in [-0.39, 0.29) is 11.0 Å². The molecule has 4 aliphatic rings. The highest BCUT2D eigenvalue weighted by molar-refractivity contribution is 6.74. The third-order valence-electron chi connectivity index (χ3n) is 12.0. The normalized spacial score (nSPS) is 41.1. The maximum absolute atomic E-state index is 12.2. The lowest BCUT2D eigenvalue weighted by molar-refractivity contribution is -0.137. The van der Waals surface area contributed by atoms with Crippen LogP contribution < -0.4 is 0 Å². The van der Waals surface area contributed by atoms with Gasteiger partial charge in [-0.05, 0) is 116 Å². The fourth-order valence-corrected chi connectivity index (χ4v) is 9.92. The molecule has 0 spiro atoms. The summed E-state index contributed by atoms with van der Waals surface area (Å²) in [5, 5.41) is 0.281. The van der Waals surface area contributed by atoms with E-state index in [2.05, 4.69) is 60.7 Å². The maximum atomic E-state index is 12.2. The zero-order chi connectivity index (χ0) is 25.1. The Bertz CT molecular complexity index is 810. The second kappa shape index (κ2) is 9.05. The fourth-order valence-electron chi connectivity index (χ4n) is 8.81. The number of hydrogen-bond acceptors (Lipinski definition) is 3. The van der Waals surface area contributed by atoms with Crippen LogP contribution in [-0.4, -0.2) is 28.0 Å². The predicted molar refractivity (Wildman–Crippen MR) is 143 cm³/mol. The lowest BCUT2D eigenvalue weighted by Crippen LogP contribution is -2.53. The Morgan fingerprint density at radius 3 is 2.38 bits per heavy atom. The number of methoxy groups -OCH3 is 1. The first-order chi connectivity index (χ1) is 15.7. The molecular weight excluding hydrogens is 436 g/mol. The summed E-state index contributed by atoms with van der Waals surface area (Å²) in [6, 6.07) is 0. The predicted octanol–water partition coefficient (Wildman–Crippen LogP) is 8.01. The number of ether oxygens (including phenoxy) is 1. The molecule has 0 aliphatic heterocycles. The summed E-state index contributed by atoms with van der Waals surface area (Å²) < 4.78 is 11.8. The van der Waals surface area contributed by atoms with Gasteiger partial charge in [-0.1, -0.05) is 47.6 Å². The minimum Gasteiger partial charge on any atom is -0.466 e. The molecule has 0 aromatic carbocycles. The molecule has 3 fully saturated rings. The van der Waals surface area contributed by atoms with Crippen LogP contribution in [0.15, 0.2) is 11.6 Å². The molecule has 4 heteroatoms. The van der Waals surface area contributed by atoms with Gasteiger partial charge in [0.15, 0.2) is 8.32 Å². The van der Waals surface area contributed by atoms with E-state index in [0.29, 0.717) is 22.7 Å². The minimum atomic E-state index is -1.70. The van der Waals surface area contributed by atoms with Crippen LogP contribution in [0.5, 0.6) is 0 Å². The molecule has 3 saturated carbocycles. The Labute approximate surface area is 211 Å². The van der Waals surface area contributed by atoms with Crippen LogP contribution in [0.2, 0.25) is 18.1 Å². The second-order valence-electron chi connectivity index (χ2n) is 14.5. The van der Waals surface area contributed by atoms with Gasteiger partial charge in [-0.25, -0.2) is 4.79 Å². The summed E-state index contributed by atoms with van der Waals surface area (Å²) in [5.41, 5.74) is 1.76. The Morgan fingerprint density at radius 1 is 1.06 bits per heavy atom. The van der Waals surface area contributed by atoms with Gasteiger partial charge in [0.2, 0.25) is 0 Å². The van der Waals surface area contributed by atoms with Crippen LogP contribution in [0.3, 0.4) is 0 Å². The summed E-state index contributed by atoms with van der Waals surface area (Å²) in [7, 11) is -0.181. The van der Waals surface area contributed by atoms with Gasteiger partial charge in [0.1, 0.15) is 0 Å². The number of hydrogen-bond donors (Lipinski definition) is 0. The average molecular weight is 489 g/mol. The van der Waals surface area contributed by atoms with Gasteiger partial charge in [0, 0.05) is 12.2 Å². The largest absolute Gasteiger partial charge is 0.466 e. The first-order valence-electron chi connectivity index (χ1n) is 14.2. The van der Waals surface area contributed by atoms with Gasteiger partial charge in [-0.3, -0.25) is 0 Å². The fraction of sp³-hybridized carbons (Fsp3) is 0.900. The smallest absolute Gasteiger partial charge is 0.333 e. The Hall–Kier alpha value is -0.613. The van der Waals surface area contributed by atoms with E-state index in [0.717, 1.165) is 48.7 Å². The lowest BCUT2D eigenvalue weighted by Gasteiger charge is -2.60. The SMILES string of the molecule is COC(=O)C1=C[C@@H]2CC[C@@H]3[C@H](CC[C@]4(C)[C@@H]([C@H](C)CO[Si](C)(C)C(C)(C)C)CC[C@@H]34)[C@@]2(C)CC1. The van der Waals surface area contributed by atoms with Crippen LogP contribution in [0.25, 0.3) is 0 Å². The quantitative estimate of drug-likeness (QED) is 0.290. The molecule has 4 aliphatic carbocycles. The standard InChI is InChI=1S/C30H52O3Si/c1-20(19-33-34(8,9)28(2,3)4)24-12-13-25-23-11-10-22-18-21(27(31)32-7)14-16-29(22,5)26(23)15-17-30(24,25)6/h18,20,22-26H,10-17,19H2,1-9H3/t20-,22+,23+,24-,25+,26+,29+,30-/m1/s1. The first-order valence-corrected chi connectivity index (χ1v) is 17.1. The van der Waals surface area contributed by atoms with Crippen molar-refractivity contribution in [1.82, 2.24) is 0 Å². The number of carbonyl (C=O) groups excluding carboxylic acids is 1. The van der Waals surface area contributed by atoms with Crippen molar-refractivity contribution in [2.75, 3.05) is 13.7 Å². The van der Waals surface area contributed by atoms with E-state index in [4.69, 9.17) is 9.16 Å². The number of rotatable bonds is 5. The molecule has 0 radical (unpaired) electrons. The number of esters is 1. The highest BCUT2D eigenvalue weighted by Gasteiger charge is 2.60. The van der Waals surface area contributed by atoms with Crippen molar-refractivity contribution < 1.29 is 14.0 Å². The summed E-state index contributed by atoms with van der Waals surface area (Å²) >= 11 is 0. The van der Waals surface area contributed by atoms with Crippen molar-refractivity contribution in [2.45, 2.75) is 111 Å². The van der Waals surface area contributed by atoms with Crippen LogP contribution in [0.1, 0.15) is 92.9 Å². The van der Waals surface area contributed by atoms with Crippen LogP contribution >= 0.6 is 0 Å².